The molecule has 4 N–H and O–H groups in total. The smallest absolute Gasteiger partial charge is 0.169 e. The molecular weight excluding hydrogens is 214 g/mol. The normalized spacial score (nSPS) is 14.3. The van der Waals surface area contributed by atoms with Gasteiger partial charge in [0, 0.05) is 18.2 Å². The van der Waals surface area contributed by atoms with Gasteiger partial charge in [0.05, 0.1) is 5.56 Å². The van der Waals surface area contributed by atoms with Crippen molar-refractivity contribution in [1.82, 2.24) is 4.98 Å². The van der Waals surface area contributed by atoms with E-state index in [1.807, 2.05) is 13.8 Å². The van der Waals surface area contributed by atoms with Crippen LogP contribution in [0.2, 0.25) is 0 Å². The number of aromatic nitrogens is 1. The van der Waals surface area contributed by atoms with Gasteiger partial charge in [-0.15, -0.1) is 0 Å². The Hall–Kier alpha value is -1.42. The Kier molecular flexibility index (Phi) is 5.10. The van der Waals surface area contributed by atoms with Crippen LogP contribution in [0, 0.1) is 5.92 Å². The van der Waals surface area contributed by atoms with Crippen LogP contribution in [0.4, 0.5) is 5.82 Å². The average molecular weight is 235 g/mol. The molecule has 0 saturated carbocycles. The lowest BCUT2D eigenvalue weighted by Crippen LogP contribution is -2.17. The lowest BCUT2D eigenvalue weighted by Gasteiger charge is -2.12. The van der Waals surface area contributed by atoms with E-state index >= 15 is 0 Å². The number of carbonyl (C=O) groups is 1. The molecule has 0 spiro atoms. The number of rotatable bonds is 6. The highest BCUT2D eigenvalue weighted by atomic mass is 16.1. The zero-order valence-electron chi connectivity index (χ0n) is 10.5. The standard InChI is InChI=1S/C13H21N3O/c1-9(5-3-6-10(2)14)12(17)11-7-4-8-16-13(11)15/h4,7-10H,3,5-6,14H2,1-2H3,(H2,15,16). The molecule has 0 saturated heterocycles. The fraction of sp³-hybridized carbons (Fsp3) is 0.538. The Labute approximate surface area is 102 Å². The van der Waals surface area contributed by atoms with E-state index in [0.717, 1.165) is 19.3 Å². The molecule has 1 aromatic heterocycles. The van der Waals surface area contributed by atoms with Crippen molar-refractivity contribution in [3.63, 3.8) is 0 Å². The molecule has 0 aromatic carbocycles. The number of carbonyl (C=O) groups excluding carboxylic acids is 1. The summed E-state index contributed by atoms with van der Waals surface area (Å²) in [7, 11) is 0. The van der Waals surface area contributed by atoms with Crippen LogP contribution < -0.4 is 11.5 Å². The number of ketones is 1. The van der Waals surface area contributed by atoms with Gasteiger partial charge in [0.25, 0.3) is 0 Å². The lowest BCUT2D eigenvalue weighted by atomic mass is 9.94. The van der Waals surface area contributed by atoms with Gasteiger partial charge in [-0.1, -0.05) is 13.3 Å². The van der Waals surface area contributed by atoms with Gasteiger partial charge in [-0.3, -0.25) is 4.79 Å². The van der Waals surface area contributed by atoms with Crippen LogP contribution in [0.3, 0.4) is 0 Å². The summed E-state index contributed by atoms with van der Waals surface area (Å²) in [6.07, 6.45) is 4.34. The number of nitrogens with two attached hydrogens (primary N) is 2. The molecular formula is C13H21N3O. The van der Waals surface area contributed by atoms with E-state index in [1.165, 1.54) is 0 Å². The molecule has 17 heavy (non-hydrogen) atoms. The first kappa shape index (κ1) is 13.6. The van der Waals surface area contributed by atoms with Crippen molar-refractivity contribution in [3.05, 3.63) is 23.9 Å². The van der Waals surface area contributed by atoms with E-state index < -0.39 is 0 Å². The number of anilines is 1. The van der Waals surface area contributed by atoms with Crippen molar-refractivity contribution in [2.45, 2.75) is 39.2 Å². The summed E-state index contributed by atoms with van der Waals surface area (Å²) < 4.78 is 0. The minimum atomic E-state index is -0.0275. The maximum Gasteiger partial charge on any atom is 0.169 e. The second-order valence-electron chi connectivity index (χ2n) is 4.61. The molecule has 2 atom stereocenters. The first-order chi connectivity index (χ1) is 8.02. The number of nitrogen functional groups attached to an aromatic ring is 1. The third-order valence-corrected chi connectivity index (χ3v) is 2.85. The van der Waals surface area contributed by atoms with Crippen LogP contribution in [-0.2, 0) is 0 Å². The molecule has 0 aliphatic rings. The Morgan fingerprint density at radius 2 is 2.12 bits per heavy atom. The summed E-state index contributed by atoms with van der Waals surface area (Å²) in [5, 5.41) is 0. The highest BCUT2D eigenvalue weighted by Gasteiger charge is 2.17. The molecule has 1 heterocycles. The first-order valence-corrected chi connectivity index (χ1v) is 6.02. The second kappa shape index (κ2) is 6.35. The van der Waals surface area contributed by atoms with Gasteiger partial charge in [0.1, 0.15) is 5.82 Å². The Balaban J connectivity index is 2.55. The highest BCUT2D eigenvalue weighted by Crippen LogP contribution is 2.18. The molecule has 94 valence electrons. The summed E-state index contributed by atoms with van der Waals surface area (Å²) in [4.78, 5) is 16.0. The minimum absolute atomic E-state index is 0.0275. The highest BCUT2D eigenvalue weighted by molar-refractivity contribution is 6.01. The zero-order chi connectivity index (χ0) is 12.8. The van der Waals surface area contributed by atoms with Crippen LogP contribution in [0.5, 0.6) is 0 Å². The maximum atomic E-state index is 12.1. The van der Waals surface area contributed by atoms with Crippen molar-refractivity contribution in [2.75, 3.05) is 5.73 Å². The lowest BCUT2D eigenvalue weighted by molar-refractivity contribution is 0.0922. The predicted octanol–water partition coefficient (Wildman–Crippen LogP) is 2.00. The molecule has 0 radical (unpaired) electrons. The number of nitrogens with zero attached hydrogens (tertiary/aromatic N) is 1. The van der Waals surface area contributed by atoms with Gasteiger partial charge < -0.3 is 11.5 Å². The molecule has 1 rings (SSSR count). The van der Waals surface area contributed by atoms with Gasteiger partial charge in [-0.25, -0.2) is 4.98 Å². The van der Waals surface area contributed by atoms with Gasteiger partial charge in [-0.05, 0) is 31.9 Å². The van der Waals surface area contributed by atoms with Crippen LogP contribution in [-0.4, -0.2) is 16.8 Å². The Morgan fingerprint density at radius 1 is 1.41 bits per heavy atom. The van der Waals surface area contributed by atoms with Crippen molar-refractivity contribution in [2.24, 2.45) is 11.7 Å². The largest absolute Gasteiger partial charge is 0.383 e. The molecule has 2 unspecified atom stereocenters. The second-order valence-corrected chi connectivity index (χ2v) is 4.61. The van der Waals surface area contributed by atoms with Crippen LogP contribution >= 0.6 is 0 Å². The minimum Gasteiger partial charge on any atom is -0.383 e. The van der Waals surface area contributed by atoms with Gasteiger partial charge >= 0.3 is 0 Å². The number of hydrogen-bond donors (Lipinski definition) is 2. The molecule has 0 amide bonds. The van der Waals surface area contributed by atoms with Gasteiger partial charge in [0.2, 0.25) is 0 Å². The van der Waals surface area contributed by atoms with E-state index in [-0.39, 0.29) is 17.7 Å². The Morgan fingerprint density at radius 3 is 2.71 bits per heavy atom. The van der Waals surface area contributed by atoms with E-state index in [4.69, 9.17) is 11.5 Å². The molecule has 4 nitrogen and oxygen atoms in total. The number of pyridine rings is 1. The van der Waals surface area contributed by atoms with Gasteiger partial charge in [-0.2, -0.15) is 0 Å². The SMILES string of the molecule is CC(N)CCCC(C)C(=O)c1cccnc1N. The third kappa shape index (κ3) is 4.15. The van der Waals surface area contributed by atoms with Crippen molar-refractivity contribution in [3.8, 4) is 0 Å². The fourth-order valence-corrected chi connectivity index (χ4v) is 1.77. The molecule has 0 bridgehead atoms. The maximum absolute atomic E-state index is 12.1. The first-order valence-electron chi connectivity index (χ1n) is 6.02. The van der Waals surface area contributed by atoms with Crippen molar-refractivity contribution < 1.29 is 4.79 Å². The van der Waals surface area contributed by atoms with E-state index in [9.17, 15) is 4.79 Å². The van der Waals surface area contributed by atoms with E-state index in [1.54, 1.807) is 18.3 Å². The third-order valence-electron chi connectivity index (χ3n) is 2.85. The Bertz CT molecular complexity index is 377. The molecule has 0 fully saturated rings. The summed E-state index contributed by atoms with van der Waals surface area (Å²) >= 11 is 0. The van der Waals surface area contributed by atoms with Gasteiger partial charge in [0.15, 0.2) is 5.78 Å². The summed E-state index contributed by atoms with van der Waals surface area (Å²) in [5.41, 5.74) is 11.9. The number of hydrogen-bond acceptors (Lipinski definition) is 4. The summed E-state index contributed by atoms with van der Waals surface area (Å²) in [6.45, 7) is 3.90. The quantitative estimate of drug-likeness (QED) is 0.739. The van der Waals surface area contributed by atoms with E-state index in [2.05, 4.69) is 4.98 Å². The zero-order valence-corrected chi connectivity index (χ0v) is 10.5. The number of Topliss-reactive ketones (excluding diaryl/α,β-unsaturated/α-hetero) is 1. The van der Waals surface area contributed by atoms with Crippen LogP contribution in [0.25, 0.3) is 0 Å². The molecule has 4 heteroatoms. The topological polar surface area (TPSA) is 82.0 Å². The van der Waals surface area contributed by atoms with Crippen LogP contribution in [0.1, 0.15) is 43.5 Å². The fourth-order valence-electron chi connectivity index (χ4n) is 1.77. The molecule has 0 aliphatic heterocycles. The summed E-state index contributed by atoms with van der Waals surface area (Å²) in [5.74, 6) is 0.358. The van der Waals surface area contributed by atoms with Crippen molar-refractivity contribution in [1.29, 1.82) is 0 Å². The summed E-state index contributed by atoms with van der Waals surface area (Å²) in [6, 6.07) is 3.66. The molecule has 0 aliphatic carbocycles. The predicted molar refractivity (Wildman–Crippen MR) is 69.6 cm³/mol. The van der Waals surface area contributed by atoms with Crippen LogP contribution in [0.15, 0.2) is 18.3 Å². The monoisotopic (exact) mass is 235 g/mol. The average Bonchev–Trinajstić information content (AvgIpc) is 2.28. The van der Waals surface area contributed by atoms with E-state index in [0.29, 0.717) is 11.4 Å². The van der Waals surface area contributed by atoms with Crippen molar-refractivity contribution >= 4 is 11.6 Å². The molecule has 1 aromatic rings.